The number of aromatic hydroxyl groups is 1. The van der Waals surface area contributed by atoms with Crippen molar-refractivity contribution < 1.29 is 14.3 Å². The number of aromatic nitrogens is 3. The third-order valence-corrected chi connectivity index (χ3v) is 3.58. The molecule has 0 aliphatic heterocycles. The zero-order valence-electron chi connectivity index (χ0n) is 12.8. The number of imidazole rings is 1. The molecule has 122 valence electrons. The number of halogens is 1. The predicted octanol–water partition coefficient (Wildman–Crippen LogP) is 2.18. The first kappa shape index (κ1) is 15.7. The molecule has 1 aromatic carbocycles. The number of rotatable bonds is 4. The van der Waals surface area contributed by atoms with Crippen molar-refractivity contribution in [1.82, 2.24) is 19.9 Å². The van der Waals surface area contributed by atoms with E-state index in [1.54, 1.807) is 36.1 Å². The van der Waals surface area contributed by atoms with E-state index < -0.39 is 17.8 Å². The van der Waals surface area contributed by atoms with Gasteiger partial charge < -0.3 is 15.0 Å². The number of nitrogens with one attached hydrogen (secondary N) is 1. The smallest absolute Gasteiger partial charge is 0.274 e. The first-order valence-electron chi connectivity index (χ1n) is 7.24. The lowest BCUT2D eigenvalue weighted by Crippen LogP contribution is -2.31. The summed E-state index contributed by atoms with van der Waals surface area (Å²) in [7, 11) is 1.78. The van der Waals surface area contributed by atoms with Crippen molar-refractivity contribution in [1.29, 1.82) is 0 Å². The molecule has 0 unspecified atom stereocenters. The van der Waals surface area contributed by atoms with Crippen molar-refractivity contribution in [3.8, 4) is 5.75 Å². The largest absolute Gasteiger partial charge is 0.505 e. The Morgan fingerprint density at radius 2 is 2.08 bits per heavy atom. The number of carbonyl (C=O) groups is 1. The molecule has 0 fully saturated rings. The van der Waals surface area contributed by atoms with Crippen LogP contribution in [0.4, 0.5) is 4.39 Å². The molecule has 7 heteroatoms. The van der Waals surface area contributed by atoms with Crippen molar-refractivity contribution in [2.45, 2.75) is 6.04 Å². The van der Waals surface area contributed by atoms with E-state index in [9.17, 15) is 14.3 Å². The normalized spacial score (nSPS) is 11.9. The van der Waals surface area contributed by atoms with Gasteiger partial charge in [0.2, 0.25) is 0 Å². The summed E-state index contributed by atoms with van der Waals surface area (Å²) in [6.07, 6.45) is 4.73. The Labute approximate surface area is 137 Å². The minimum atomic E-state index is -0.686. The third kappa shape index (κ3) is 3.10. The van der Waals surface area contributed by atoms with Crippen LogP contribution in [0.3, 0.4) is 0 Å². The summed E-state index contributed by atoms with van der Waals surface area (Å²) in [5.41, 5.74) is 0.432. The molecule has 0 radical (unpaired) electrons. The summed E-state index contributed by atoms with van der Waals surface area (Å²) in [6.45, 7) is 0. The van der Waals surface area contributed by atoms with Crippen LogP contribution in [0.1, 0.15) is 27.9 Å². The highest BCUT2D eigenvalue weighted by molar-refractivity contribution is 5.95. The second-order valence-electron chi connectivity index (χ2n) is 5.23. The van der Waals surface area contributed by atoms with E-state index in [4.69, 9.17) is 0 Å². The van der Waals surface area contributed by atoms with Crippen LogP contribution >= 0.6 is 0 Å². The lowest BCUT2D eigenvalue weighted by atomic mass is 10.1. The third-order valence-electron chi connectivity index (χ3n) is 3.58. The van der Waals surface area contributed by atoms with Gasteiger partial charge in [0, 0.05) is 25.6 Å². The van der Waals surface area contributed by atoms with Crippen LogP contribution in [0.2, 0.25) is 0 Å². The molecular weight excluding hydrogens is 311 g/mol. The fraction of sp³-hybridized carbons (Fsp3) is 0.118. The summed E-state index contributed by atoms with van der Waals surface area (Å²) in [6, 6.07) is 8.12. The Morgan fingerprint density at radius 3 is 2.75 bits per heavy atom. The fourth-order valence-corrected chi connectivity index (χ4v) is 2.41. The molecule has 0 aliphatic carbocycles. The maximum Gasteiger partial charge on any atom is 0.274 e. The zero-order valence-corrected chi connectivity index (χ0v) is 12.8. The Morgan fingerprint density at radius 1 is 1.25 bits per heavy atom. The van der Waals surface area contributed by atoms with Crippen LogP contribution in [0.15, 0.2) is 55.0 Å². The number of hydrogen-bond acceptors (Lipinski definition) is 4. The highest BCUT2D eigenvalue weighted by Gasteiger charge is 2.23. The summed E-state index contributed by atoms with van der Waals surface area (Å²) in [4.78, 5) is 20.6. The van der Waals surface area contributed by atoms with Crippen LogP contribution < -0.4 is 5.32 Å². The van der Waals surface area contributed by atoms with Gasteiger partial charge in [-0.15, -0.1) is 0 Å². The molecule has 1 atom stereocenters. The Bertz CT molecular complexity index is 878. The van der Waals surface area contributed by atoms with Gasteiger partial charge in [-0.3, -0.25) is 4.79 Å². The van der Waals surface area contributed by atoms with Gasteiger partial charge in [0.1, 0.15) is 23.4 Å². The molecule has 1 amide bonds. The molecule has 0 bridgehead atoms. The van der Waals surface area contributed by atoms with E-state index >= 15 is 0 Å². The second-order valence-corrected chi connectivity index (χ2v) is 5.23. The lowest BCUT2D eigenvalue weighted by Gasteiger charge is -2.19. The van der Waals surface area contributed by atoms with Crippen LogP contribution in [-0.4, -0.2) is 25.5 Å². The molecule has 0 saturated carbocycles. The Hall–Kier alpha value is -3.22. The van der Waals surface area contributed by atoms with Gasteiger partial charge in [0.05, 0.1) is 0 Å². The van der Waals surface area contributed by atoms with Gasteiger partial charge in [-0.2, -0.15) is 0 Å². The van der Waals surface area contributed by atoms with Crippen LogP contribution in [-0.2, 0) is 7.05 Å². The van der Waals surface area contributed by atoms with E-state index in [0.29, 0.717) is 11.4 Å². The first-order chi connectivity index (χ1) is 11.6. The van der Waals surface area contributed by atoms with Crippen LogP contribution in [0.5, 0.6) is 5.75 Å². The van der Waals surface area contributed by atoms with E-state index in [-0.39, 0.29) is 11.4 Å². The molecule has 3 rings (SSSR count). The predicted molar refractivity (Wildman–Crippen MR) is 84.8 cm³/mol. The monoisotopic (exact) mass is 326 g/mol. The highest BCUT2D eigenvalue weighted by atomic mass is 19.1. The van der Waals surface area contributed by atoms with Gasteiger partial charge in [-0.05, 0) is 29.8 Å². The number of nitrogens with zero attached hydrogens (tertiary/aromatic N) is 3. The van der Waals surface area contributed by atoms with E-state index in [2.05, 4.69) is 15.3 Å². The summed E-state index contributed by atoms with van der Waals surface area (Å²) >= 11 is 0. The van der Waals surface area contributed by atoms with E-state index in [0.717, 1.165) is 0 Å². The maximum absolute atomic E-state index is 13.6. The molecular formula is C17H15FN4O2. The van der Waals surface area contributed by atoms with Crippen molar-refractivity contribution in [3.05, 3.63) is 77.9 Å². The van der Waals surface area contributed by atoms with Crippen molar-refractivity contribution >= 4 is 5.91 Å². The molecule has 0 saturated heterocycles. The van der Waals surface area contributed by atoms with Gasteiger partial charge >= 0.3 is 0 Å². The molecule has 2 aromatic heterocycles. The summed E-state index contributed by atoms with van der Waals surface area (Å²) in [5, 5.41) is 12.5. The first-order valence-corrected chi connectivity index (χ1v) is 7.24. The van der Waals surface area contributed by atoms with Gasteiger partial charge in [0.15, 0.2) is 5.69 Å². The van der Waals surface area contributed by atoms with Crippen LogP contribution in [0.25, 0.3) is 0 Å². The number of hydrogen-bond donors (Lipinski definition) is 2. The minimum Gasteiger partial charge on any atom is -0.505 e. The lowest BCUT2D eigenvalue weighted by molar-refractivity contribution is 0.0933. The second kappa shape index (κ2) is 6.49. The Kier molecular flexibility index (Phi) is 4.24. The molecule has 6 nitrogen and oxygen atoms in total. The van der Waals surface area contributed by atoms with E-state index in [1.807, 2.05) is 0 Å². The van der Waals surface area contributed by atoms with Crippen molar-refractivity contribution in [2.24, 2.45) is 7.05 Å². The molecule has 0 spiro atoms. The Balaban J connectivity index is 1.98. The average Bonchev–Trinajstić information content (AvgIpc) is 2.98. The minimum absolute atomic E-state index is 0.104. The molecule has 0 aliphatic rings. The highest BCUT2D eigenvalue weighted by Crippen LogP contribution is 2.22. The van der Waals surface area contributed by atoms with E-state index in [1.165, 1.54) is 30.5 Å². The molecule has 2 heterocycles. The topological polar surface area (TPSA) is 80.0 Å². The number of carbonyl (C=O) groups excluding carboxylic acids is 1. The molecule has 24 heavy (non-hydrogen) atoms. The quantitative estimate of drug-likeness (QED) is 0.770. The van der Waals surface area contributed by atoms with Gasteiger partial charge in [-0.1, -0.05) is 12.1 Å². The van der Waals surface area contributed by atoms with Crippen molar-refractivity contribution in [3.63, 3.8) is 0 Å². The van der Waals surface area contributed by atoms with Gasteiger partial charge in [0.25, 0.3) is 5.91 Å². The summed E-state index contributed by atoms with van der Waals surface area (Å²) in [5.74, 6) is -0.691. The summed E-state index contributed by atoms with van der Waals surface area (Å²) < 4.78 is 15.3. The number of aryl methyl sites for hydroxylation is 1. The van der Waals surface area contributed by atoms with Crippen molar-refractivity contribution in [2.75, 3.05) is 0 Å². The molecule has 2 N–H and O–H groups in total. The maximum atomic E-state index is 13.6. The number of amides is 1. The average molecular weight is 326 g/mol. The number of benzene rings is 1. The fourth-order valence-electron chi connectivity index (χ4n) is 2.41. The standard InChI is InChI=1S/C17H15FN4O2/c1-22-9-8-20-16(22)14(11-4-2-5-12(18)10-11)21-17(24)15-13(23)6-3-7-19-15/h2-10,14,23H,1H3,(H,21,24)/t14-/m1/s1. The zero-order chi connectivity index (χ0) is 17.1. The number of pyridine rings is 1. The van der Waals surface area contributed by atoms with Gasteiger partial charge in [-0.25, -0.2) is 14.4 Å². The molecule has 3 aromatic rings. The van der Waals surface area contributed by atoms with Crippen LogP contribution in [0, 0.1) is 5.82 Å². The SMILES string of the molecule is Cn1ccnc1[C@H](NC(=O)c1ncccc1O)c1cccc(F)c1.